The van der Waals surface area contributed by atoms with E-state index in [9.17, 15) is 4.79 Å². The van der Waals surface area contributed by atoms with Crippen LogP contribution in [0.3, 0.4) is 0 Å². The van der Waals surface area contributed by atoms with E-state index < -0.39 is 6.85 Å². The van der Waals surface area contributed by atoms with Gasteiger partial charge in [-0.15, -0.1) is 0 Å². The Morgan fingerprint density at radius 1 is 1.21 bits per heavy atom. The summed E-state index contributed by atoms with van der Waals surface area (Å²) in [5.41, 5.74) is 7.90. The second-order valence-corrected chi connectivity index (χ2v) is 5.93. The molecule has 1 amide bonds. The molecule has 2 aromatic heterocycles. The average molecular weight is 321 g/mol. The van der Waals surface area contributed by atoms with Gasteiger partial charge in [0.1, 0.15) is 0 Å². The van der Waals surface area contributed by atoms with Crippen LogP contribution in [0.1, 0.15) is 33.1 Å². The van der Waals surface area contributed by atoms with Crippen molar-refractivity contribution >= 4 is 22.4 Å². The normalized spacial score (nSPS) is 16.2. The number of fused-ring (bicyclic) bond motifs is 1. The number of nitrogens with two attached hydrogens (primary N) is 1. The number of carbonyl (C=O) groups is 1. The summed E-state index contributed by atoms with van der Waals surface area (Å²) in [6.07, 6.45) is 4.98. The lowest BCUT2D eigenvalue weighted by molar-refractivity contribution is 0.0947. The van der Waals surface area contributed by atoms with E-state index in [4.69, 9.17) is 9.85 Å². The predicted molar refractivity (Wildman–Crippen MR) is 94.6 cm³/mol. The summed E-state index contributed by atoms with van der Waals surface area (Å²) < 4.78 is 23.3. The van der Waals surface area contributed by atoms with E-state index >= 15 is 0 Å². The summed E-state index contributed by atoms with van der Waals surface area (Å²) in [7, 11) is 0. The van der Waals surface area contributed by atoms with Gasteiger partial charge in [0.15, 0.2) is 5.69 Å². The van der Waals surface area contributed by atoms with Crippen LogP contribution in [0.5, 0.6) is 0 Å². The molecular formula is C19H18N4O. The quantitative estimate of drug-likeness (QED) is 0.777. The number of hydrogen-bond donors (Lipinski definition) is 2. The fraction of sp³-hybridized carbons (Fsp3) is 0.211. The molecule has 0 aliphatic heterocycles. The Hall–Kier alpha value is -2.95. The van der Waals surface area contributed by atoms with Crippen molar-refractivity contribution in [2.24, 2.45) is 0 Å². The van der Waals surface area contributed by atoms with Crippen molar-refractivity contribution in [2.45, 2.75) is 25.7 Å². The van der Waals surface area contributed by atoms with E-state index in [2.05, 4.69) is 15.3 Å². The molecule has 1 aliphatic rings. The van der Waals surface area contributed by atoms with Crippen LogP contribution in [0.4, 0.5) is 5.69 Å². The minimum Gasteiger partial charge on any atom is -0.396 e. The van der Waals surface area contributed by atoms with E-state index in [1.807, 2.05) is 0 Å². The van der Waals surface area contributed by atoms with Crippen LogP contribution < -0.4 is 11.1 Å². The van der Waals surface area contributed by atoms with Gasteiger partial charge in [-0.1, -0.05) is 24.3 Å². The highest BCUT2D eigenvalue weighted by molar-refractivity contribution is 6.09. The van der Waals surface area contributed by atoms with Crippen LogP contribution in [-0.2, 0) is 0 Å². The monoisotopic (exact) mass is 321 g/mol. The second kappa shape index (κ2) is 5.60. The molecule has 1 aromatic carbocycles. The largest absolute Gasteiger partial charge is 0.396 e. The van der Waals surface area contributed by atoms with Gasteiger partial charge >= 0.3 is 0 Å². The molecule has 0 atom stereocenters. The van der Waals surface area contributed by atoms with Crippen LogP contribution >= 0.6 is 0 Å². The SMILES string of the molecule is [2H]C([2H])([2H])c1ncccc1-c1cccc2c(N)c(C(=O)NC3CC3)ncc12. The zero-order valence-corrected chi connectivity index (χ0v) is 12.9. The second-order valence-electron chi connectivity index (χ2n) is 5.93. The summed E-state index contributed by atoms with van der Waals surface area (Å²) in [4.78, 5) is 20.7. The third kappa shape index (κ3) is 2.48. The number of nitrogens with one attached hydrogen (secondary N) is 1. The van der Waals surface area contributed by atoms with Crippen LogP contribution in [0.25, 0.3) is 21.9 Å². The number of aromatic nitrogens is 2. The first-order chi connectivity index (χ1) is 12.9. The Labute approximate surface area is 144 Å². The summed E-state index contributed by atoms with van der Waals surface area (Å²) in [5.74, 6) is -0.285. The highest BCUT2D eigenvalue weighted by atomic mass is 16.2. The van der Waals surface area contributed by atoms with Gasteiger partial charge in [-0.05, 0) is 31.3 Å². The zero-order chi connectivity index (χ0) is 19.2. The standard InChI is InChI=1S/C19H18N4O/c1-11-13(6-3-9-21-11)14-4-2-5-15-16(14)10-22-18(17(15)20)19(24)23-12-7-8-12/h2-6,9-10,12H,7-8,20H2,1H3,(H,23,24)/i1D3. The van der Waals surface area contributed by atoms with E-state index in [1.165, 1.54) is 6.20 Å². The molecule has 5 heteroatoms. The highest BCUT2D eigenvalue weighted by Gasteiger charge is 2.25. The van der Waals surface area contributed by atoms with Gasteiger partial charge in [0.25, 0.3) is 5.91 Å². The molecule has 5 nitrogen and oxygen atoms in total. The third-order valence-electron chi connectivity index (χ3n) is 4.20. The van der Waals surface area contributed by atoms with Crippen LogP contribution in [0.2, 0.25) is 0 Å². The number of carbonyl (C=O) groups excluding carboxylic acids is 1. The van der Waals surface area contributed by atoms with Gasteiger partial charge in [-0.25, -0.2) is 4.98 Å². The number of anilines is 1. The van der Waals surface area contributed by atoms with Crippen LogP contribution in [-0.4, -0.2) is 21.9 Å². The first-order valence-corrected chi connectivity index (χ1v) is 7.80. The molecule has 0 radical (unpaired) electrons. The maximum atomic E-state index is 12.4. The Bertz CT molecular complexity index is 1040. The fourth-order valence-electron chi connectivity index (χ4n) is 2.79. The van der Waals surface area contributed by atoms with E-state index in [-0.39, 0.29) is 29.0 Å². The van der Waals surface area contributed by atoms with Crippen molar-refractivity contribution < 1.29 is 8.91 Å². The maximum absolute atomic E-state index is 12.4. The molecule has 3 aromatic rings. The molecule has 120 valence electrons. The number of nitrogen functional groups attached to an aromatic ring is 1. The molecule has 4 rings (SSSR count). The van der Waals surface area contributed by atoms with Gasteiger partial charge in [0.05, 0.1) is 5.69 Å². The summed E-state index contributed by atoms with van der Waals surface area (Å²) in [6, 6.07) is 9.00. The van der Waals surface area contributed by atoms with Gasteiger partial charge in [-0.3, -0.25) is 9.78 Å². The minimum absolute atomic E-state index is 0.0200. The van der Waals surface area contributed by atoms with Gasteiger partial charge in [-0.2, -0.15) is 0 Å². The minimum atomic E-state index is -2.35. The first kappa shape index (κ1) is 11.6. The van der Waals surface area contributed by atoms with Crippen LogP contribution in [0, 0.1) is 6.85 Å². The Morgan fingerprint density at radius 2 is 2.04 bits per heavy atom. The van der Waals surface area contributed by atoms with Crippen molar-refractivity contribution in [3.8, 4) is 11.1 Å². The number of benzene rings is 1. The molecule has 1 aliphatic carbocycles. The molecule has 0 spiro atoms. The molecule has 0 bridgehead atoms. The molecule has 0 unspecified atom stereocenters. The number of amides is 1. The topological polar surface area (TPSA) is 80.9 Å². The number of rotatable bonds is 3. The van der Waals surface area contributed by atoms with Crippen molar-refractivity contribution in [1.29, 1.82) is 0 Å². The summed E-state index contributed by atoms with van der Waals surface area (Å²) >= 11 is 0. The maximum Gasteiger partial charge on any atom is 0.272 e. The lowest BCUT2D eigenvalue weighted by Crippen LogP contribution is -2.27. The molecule has 1 fully saturated rings. The summed E-state index contributed by atoms with van der Waals surface area (Å²) in [6.45, 7) is -2.35. The predicted octanol–water partition coefficient (Wildman–Crippen LogP) is 3.08. The lowest BCUT2D eigenvalue weighted by atomic mass is 9.97. The van der Waals surface area contributed by atoms with Crippen LogP contribution in [0.15, 0.2) is 42.7 Å². The smallest absolute Gasteiger partial charge is 0.272 e. The number of pyridine rings is 2. The summed E-state index contributed by atoms with van der Waals surface area (Å²) in [5, 5.41) is 4.22. The molecule has 2 heterocycles. The van der Waals surface area contributed by atoms with Gasteiger partial charge < -0.3 is 11.1 Å². The van der Waals surface area contributed by atoms with Crippen molar-refractivity contribution in [1.82, 2.24) is 15.3 Å². The van der Waals surface area contributed by atoms with Crippen molar-refractivity contribution in [3.63, 3.8) is 0 Å². The van der Waals surface area contributed by atoms with Gasteiger partial charge in [0.2, 0.25) is 0 Å². The number of nitrogens with zero attached hydrogens (tertiary/aromatic N) is 2. The molecule has 0 saturated heterocycles. The van der Waals surface area contributed by atoms with Crippen molar-refractivity contribution in [2.75, 3.05) is 5.73 Å². The number of hydrogen-bond acceptors (Lipinski definition) is 4. The Morgan fingerprint density at radius 3 is 2.83 bits per heavy atom. The van der Waals surface area contributed by atoms with E-state index in [0.29, 0.717) is 21.9 Å². The molecule has 1 saturated carbocycles. The Kier molecular flexibility index (Phi) is 2.70. The van der Waals surface area contributed by atoms with E-state index in [1.54, 1.807) is 36.5 Å². The number of aryl methyl sites for hydroxylation is 1. The molecule has 3 N–H and O–H groups in total. The molecular weight excluding hydrogens is 300 g/mol. The van der Waals surface area contributed by atoms with E-state index in [0.717, 1.165) is 12.8 Å². The van der Waals surface area contributed by atoms with Gasteiger partial charge in [0, 0.05) is 44.6 Å². The van der Waals surface area contributed by atoms with Crippen molar-refractivity contribution in [3.05, 3.63) is 54.1 Å². The zero-order valence-electron chi connectivity index (χ0n) is 15.9. The molecule has 24 heavy (non-hydrogen) atoms. The third-order valence-corrected chi connectivity index (χ3v) is 4.20. The highest BCUT2D eigenvalue weighted by Crippen LogP contribution is 2.33. The lowest BCUT2D eigenvalue weighted by Gasteiger charge is -2.12. The first-order valence-electron chi connectivity index (χ1n) is 9.30. The fourth-order valence-corrected chi connectivity index (χ4v) is 2.79. The average Bonchev–Trinajstić information content (AvgIpc) is 3.45. The Balaban J connectivity index is 1.87.